The van der Waals surface area contributed by atoms with Gasteiger partial charge in [-0.2, -0.15) is 0 Å². The molecule has 0 fully saturated rings. The third-order valence-corrected chi connectivity index (χ3v) is 6.47. The number of fused-ring (bicyclic) bond motifs is 2. The summed E-state index contributed by atoms with van der Waals surface area (Å²) in [6, 6.07) is 8.20. The molecule has 184 valence electrons. The van der Waals surface area contributed by atoms with Gasteiger partial charge in [0, 0.05) is 13.0 Å². The van der Waals surface area contributed by atoms with Gasteiger partial charge in [-0.05, 0) is 66.8 Å². The Morgan fingerprint density at radius 1 is 0.971 bits per heavy atom. The maximum Gasteiger partial charge on any atom is 0.303 e. The fraction of sp³-hybridized carbons (Fsp3) is 0.500. The third kappa shape index (κ3) is 5.01. The lowest BCUT2D eigenvalue weighted by atomic mass is 9.87. The van der Waals surface area contributed by atoms with E-state index in [2.05, 4.69) is 17.0 Å². The highest BCUT2D eigenvalue weighted by atomic mass is 16.6. The number of hydrogen-bond acceptors (Lipinski definition) is 7. The Balaban J connectivity index is 1.71. The summed E-state index contributed by atoms with van der Waals surface area (Å²) in [5.74, 6) is 2.62. The van der Waals surface area contributed by atoms with Crippen molar-refractivity contribution in [3.63, 3.8) is 0 Å². The minimum atomic E-state index is -0.741. The molecule has 1 N–H and O–H groups in total. The van der Waals surface area contributed by atoms with E-state index in [4.69, 9.17) is 28.8 Å². The van der Waals surface area contributed by atoms with Crippen LogP contribution in [-0.4, -0.2) is 63.6 Å². The maximum absolute atomic E-state index is 10.9. The van der Waals surface area contributed by atoms with Gasteiger partial charge in [0.25, 0.3) is 0 Å². The fourth-order valence-electron chi connectivity index (χ4n) is 4.87. The highest BCUT2D eigenvalue weighted by Crippen LogP contribution is 2.46. The van der Waals surface area contributed by atoms with Crippen LogP contribution in [0.5, 0.6) is 28.7 Å². The number of rotatable bonds is 10. The van der Waals surface area contributed by atoms with E-state index in [-0.39, 0.29) is 12.5 Å². The highest BCUT2D eigenvalue weighted by molar-refractivity contribution is 5.66. The van der Waals surface area contributed by atoms with Gasteiger partial charge >= 0.3 is 5.97 Å². The smallest absolute Gasteiger partial charge is 0.303 e. The lowest BCUT2D eigenvalue weighted by Gasteiger charge is -2.39. The quantitative estimate of drug-likeness (QED) is 0.519. The molecule has 8 heteroatoms. The van der Waals surface area contributed by atoms with E-state index in [1.807, 2.05) is 12.1 Å². The van der Waals surface area contributed by atoms with Gasteiger partial charge in [-0.15, -0.1) is 0 Å². The van der Waals surface area contributed by atoms with Gasteiger partial charge < -0.3 is 28.8 Å². The topological polar surface area (TPSA) is 86.7 Å². The van der Waals surface area contributed by atoms with E-state index in [1.54, 1.807) is 21.3 Å². The normalized spacial score (nSPS) is 17.1. The van der Waals surface area contributed by atoms with Crippen molar-refractivity contribution in [2.45, 2.75) is 38.1 Å². The Kier molecular flexibility index (Phi) is 7.67. The van der Waals surface area contributed by atoms with Gasteiger partial charge in [0.2, 0.25) is 5.75 Å². The van der Waals surface area contributed by atoms with Crippen LogP contribution in [0.2, 0.25) is 0 Å². The lowest BCUT2D eigenvalue weighted by molar-refractivity contribution is -0.137. The number of unbranched alkanes of at least 4 members (excludes halogenated alkanes) is 2. The van der Waals surface area contributed by atoms with Crippen molar-refractivity contribution in [1.82, 2.24) is 4.90 Å². The van der Waals surface area contributed by atoms with Crippen molar-refractivity contribution in [3.8, 4) is 28.7 Å². The predicted molar refractivity (Wildman–Crippen MR) is 127 cm³/mol. The summed E-state index contributed by atoms with van der Waals surface area (Å²) in [5, 5.41) is 8.93. The first-order valence-corrected chi connectivity index (χ1v) is 11.7. The average Bonchev–Trinajstić information content (AvgIpc) is 2.85. The Morgan fingerprint density at radius 2 is 1.65 bits per heavy atom. The molecule has 0 amide bonds. The standard InChI is InChI=1S/C26H33NO7/c1-30-22-14-18(15-23(31-2)26(22)32-3)25-19-16-21-20(33-11-12-34-21)13-17(19)8-10-27(25)9-6-4-5-7-24(28)29/h13-16,25H,4-12H2,1-3H3,(H,28,29). The Labute approximate surface area is 200 Å². The van der Waals surface area contributed by atoms with Crippen LogP contribution in [0, 0.1) is 0 Å². The molecule has 2 aromatic rings. The summed E-state index contributed by atoms with van der Waals surface area (Å²) in [7, 11) is 4.85. The SMILES string of the molecule is COc1cc(C2c3cc4c(cc3CCN2CCCCCC(=O)O)OCCO4)cc(OC)c1OC. The summed E-state index contributed by atoms with van der Waals surface area (Å²) >= 11 is 0. The van der Waals surface area contributed by atoms with Crippen LogP contribution in [0.25, 0.3) is 0 Å². The van der Waals surface area contributed by atoms with Crippen molar-refractivity contribution in [1.29, 1.82) is 0 Å². The Bertz CT molecular complexity index is 997. The molecule has 0 aromatic heterocycles. The average molecular weight is 472 g/mol. The Morgan fingerprint density at radius 3 is 2.26 bits per heavy atom. The molecule has 2 aliphatic heterocycles. The first-order valence-electron chi connectivity index (χ1n) is 11.7. The zero-order valence-corrected chi connectivity index (χ0v) is 20.1. The number of carboxylic acid groups (broad SMARTS) is 1. The van der Waals surface area contributed by atoms with Crippen molar-refractivity contribution < 1.29 is 33.6 Å². The summed E-state index contributed by atoms with van der Waals surface area (Å²) < 4.78 is 28.5. The van der Waals surface area contributed by atoms with Crippen LogP contribution in [0.1, 0.15) is 48.4 Å². The molecule has 0 aliphatic carbocycles. The molecule has 2 aromatic carbocycles. The predicted octanol–water partition coefficient (Wildman–Crippen LogP) is 4.08. The molecule has 8 nitrogen and oxygen atoms in total. The summed E-state index contributed by atoms with van der Waals surface area (Å²) in [6.45, 7) is 2.83. The fourth-order valence-corrected chi connectivity index (χ4v) is 4.87. The van der Waals surface area contributed by atoms with Gasteiger partial charge in [0.1, 0.15) is 13.2 Å². The number of benzene rings is 2. The number of carbonyl (C=O) groups is 1. The minimum Gasteiger partial charge on any atom is -0.493 e. The number of aliphatic carboxylic acids is 1. The first-order chi connectivity index (χ1) is 16.5. The maximum atomic E-state index is 10.9. The summed E-state index contributed by atoms with van der Waals surface area (Å²) in [5.41, 5.74) is 3.46. The zero-order chi connectivity index (χ0) is 24.1. The highest BCUT2D eigenvalue weighted by Gasteiger charge is 2.32. The first kappa shape index (κ1) is 24.0. The largest absolute Gasteiger partial charge is 0.493 e. The molecule has 0 spiro atoms. The van der Waals surface area contributed by atoms with Crippen LogP contribution in [-0.2, 0) is 11.2 Å². The van der Waals surface area contributed by atoms with Crippen LogP contribution < -0.4 is 23.7 Å². The minimum absolute atomic E-state index is 0.0345. The molecule has 2 heterocycles. The van der Waals surface area contributed by atoms with E-state index < -0.39 is 5.97 Å². The van der Waals surface area contributed by atoms with Crippen LogP contribution in [0.4, 0.5) is 0 Å². The van der Waals surface area contributed by atoms with Crippen molar-refractivity contribution in [2.24, 2.45) is 0 Å². The van der Waals surface area contributed by atoms with Crippen LogP contribution in [0.3, 0.4) is 0 Å². The van der Waals surface area contributed by atoms with Gasteiger partial charge in [-0.25, -0.2) is 0 Å². The molecular weight excluding hydrogens is 438 g/mol. The molecule has 1 unspecified atom stereocenters. The molecular formula is C26H33NO7. The number of methoxy groups -OCH3 is 3. The molecule has 0 radical (unpaired) electrons. The Hall–Kier alpha value is -3.13. The lowest BCUT2D eigenvalue weighted by Crippen LogP contribution is -2.37. The number of nitrogens with zero attached hydrogens (tertiary/aromatic N) is 1. The van der Waals surface area contributed by atoms with E-state index >= 15 is 0 Å². The van der Waals surface area contributed by atoms with Gasteiger partial charge in [-0.1, -0.05) is 6.42 Å². The summed E-state index contributed by atoms with van der Waals surface area (Å²) in [4.78, 5) is 13.3. The number of ether oxygens (including phenoxy) is 5. The van der Waals surface area contributed by atoms with Gasteiger partial charge in [-0.3, -0.25) is 9.69 Å². The van der Waals surface area contributed by atoms with E-state index in [1.165, 1.54) is 11.1 Å². The van der Waals surface area contributed by atoms with Gasteiger partial charge in [0.15, 0.2) is 23.0 Å². The van der Waals surface area contributed by atoms with E-state index in [9.17, 15) is 4.79 Å². The molecule has 0 saturated carbocycles. The summed E-state index contributed by atoms with van der Waals surface area (Å²) in [6.07, 6.45) is 3.60. The number of hydrogen-bond donors (Lipinski definition) is 1. The molecule has 0 bridgehead atoms. The zero-order valence-electron chi connectivity index (χ0n) is 20.1. The van der Waals surface area contributed by atoms with Crippen molar-refractivity contribution in [3.05, 3.63) is 41.0 Å². The second-order valence-electron chi connectivity index (χ2n) is 8.55. The van der Waals surface area contributed by atoms with Crippen molar-refractivity contribution in [2.75, 3.05) is 47.6 Å². The van der Waals surface area contributed by atoms with E-state index in [0.29, 0.717) is 36.9 Å². The second kappa shape index (κ2) is 10.9. The number of carboxylic acids is 1. The molecule has 2 aliphatic rings. The van der Waals surface area contributed by atoms with Gasteiger partial charge in [0.05, 0.1) is 27.4 Å². The van der Waals surface area contributed by atoms with Crippen LogP contribution >= 0.6 is 0 Å². The third-order valence-electron chi connectivity index (χ3n) is 6.47. The van der Waals surface area contributed by atoms with E-state index in [0.717, 1.165) is 49.4 Å². The van der Waals surface area contributed by atoms with Crippen molar-refractivity contribution >= 4 is 5.97 Å². The second-order valence-corrected chi connectivity index (χ2v) is 8.55. The molecule has 34 heavy (non-hydrogen) atoms. The molecule has 0 saturated heterocycles. The monoisotopic (exact) mass is 471 g/mol. The van der Waals surface area contributed by atoms with Crippen LogP contribution in [0.15, 0.2) is 24.3 Å². The molecule has 1 atom stereocenters. The molecule has 4 rings (SSSR count).